The number of methoxy groups -OCH3 is 1. The van der Waals surface area contributed by atoms with E-state index in [0.717, 1.165) is 30.7 Å². The van der Waals surface area contributed by atoms with E-state index >= 15 is 0 Å². The number of carbonyl (C=O) groups is 1. The molecule has 0 radical (unpaired) electrons. The van der Waals surface area contributed by atoms with E-state index in [0.29, 0.717) is 16.3 Å². The number of aliphatic hydroxyl groups excluding tert-OH is 1. The van der Waals surface area contributed by atoms with Crippen molar-refractivity contribution in [1.82, 2.24) is 0 Å². The minimum atomic E-state index is -0.526. The lowest BCUT2D eigenvalue weighted by Crippen LogP contribution is -2.44. The molecule has 0 aliphatic carbocycles. The van der Waals surface area contributed by atoms with Gasteiger partial charge in [0.05, 0.1) is 13.2 Å². The van der Waals surface area contributed by atoms with Crippen molar-refractivity contribution in [2.75, 3.05) is 17.7 Å². The third kappa shape index (κ3) is 1.92. The molecule has 2 bridgehead atoms. The van der Waals surface area contributed by atoms with Gasteiger partial charge in [0.1, 0.15) is 15.6 Å². The Morgan fingerprint density at radius 2 is 2.00 bits per heavy atom. The highest BCUT2D eigenvalue weighted by molar-refractivity contribution is 7.19. The predicted octanol–water partition coefficient (Wildman–Crippen LogP) is 0.930. The van der Waals surface area contributed by atoms with Gasteiger partial charge in [-0.3, -0.25) is 4.79 Å². The van der Waals surface area contributed by atoms with E-state index in [2.05, 4.69) is 4.90 Å². The summed E-state index contributed by atoms with van der Waals surface area (Å²) in [4.78, 5) is 14.1. The standard InChI is InChI=1S/C13H19N3O3S/c1-19-10-9(14)11(12(15)18)20-13(10)16-6-2-3-7(16)5-8(17)4-6/h6-8,17H,2-5,14H2,1H3,(H2,15,18). The Morgan fingerprint density at radius 1 is 1.40 bits per heavy atom. The maximum atomic E-state index is 11.5. The SMILES string of the molecule is COc1c(N2C3CCC2CC(O)C3)sc(C(N)=O)c1N. The molecule has 110 valence electrons. The molecular formula is C13H19N3O3S. The summed E-state index contributed by atoms with van der Waals surface area (Å²) in [6.45, 7) is 0. The van der Waals surface area contributed by atoms with Crippen LogP contribution in [0.5, 0.6) is 5.75 Å². The van der Waals surface area contributed by atoms with E-state index in [9.17, 15) is 9.90 Å². The van der Waals surface area contributed by atoms with Crippen LogP contribution in [-0.2, 0) is 0 Å². The molecule has 20 heavy (non-hydrogen) atoms. The lowest BCUT2D eigenvalue weighted by atomic mass is 10.0. The molecule has 2 aliphatic heterocycles. The molecule has 2 aliphatic rings. The third-order valence-corrected chi connectivity index (χ3v) is 5.47. The van der Waals surface area contributed by atoms with Crippen LogP contribution in [0.25, 0.3) is 0 Å². The second-order valence-corrected chi connectivity index (χ2v) is 6.46. The predicted molar refractivity (Wildman–Crippen MR) is 78.3 cm³/mol. The second-order valence-electron chi connectivity index (χ2n) is 5.47. The van der Waals surface area contributed by atoms with Crippen LogP contribution in [0.1, 0.15) is 35.4 Å². The molecule has 3 rings (SSSR count). The number of anilines is 2. The zero-order valence-corrected chi connectivity index (χ0v) is 12.2. The number of nitrogen functional groups attached to an aromatic ring is 1. The zero-order valence-electron chi connectivity index (χ0n) is 11.3. The van der Waals surface area contributed by atoms with Crippen LogP contribution in [0.4, 0.5) is 10.7 Å². The molecule has 0 spiro atoms. The topological polar surface area (TPSA) is 102 Å². The van der Waals surface area contributed by atoms with Crippen molar-refractivity contribution in [2.45, 2.75) is 43.9 Å². The first-order valence-electron chi connectivity index (χ1n) is 6.75. The van der Waals surface area contributed by atoms with Crippen LogP contribution >= 0.6 is 11.3 Å². The van der Waals surface area contributed by atoms with E-state index in [1.54, 1.807) is 7.11 Å². The molecule has 5 N–H and O–H groups in total. The molecule has 2 atom stereocenters. The number of primary amides is 1. The summed E-state index contributed by atoms with van der Waals surface area (Å²) in [7, 11) is 1.55. The van der Waals surface area contributed by atoms with Crippen LogP contribution in [-0.4, -0.2) is 36.3 Å². The van der Waals surface area contributed by atoms with Gasteiger partial charge in [0, 0.05) is 12.1 Å². The van der Waals surface area contributed by atoms with Gasteiger partial charge in [-0.2, -0.15) is 0 Å². The number of aliphatic hydroxyl groups is 1. The van der Waals surface area contributed by atoms with Crippen molar-refractivity contribution in [3.63, 3.8) is 0 Å². The number of nitrogens with two attached hydrogens (primary N) is 2. The summed E-state index contributed by atoms with van der Waals surface area (Å²) in [5.41, 5.74) is 11.7. The van der Waals surface area contributed by atoms with Crippen molar-refractivity contribution in [2.24, 2.45) is 5.73 Å². The molecule has 1 amide bonds. The number of hydrogen-bond acceptors (Lipinski definition) is 6. The maximum Gasteiger partial charge on any atom is 0.261 e. The highest BCUT2D eigenvalue weighted by atomic mass is 32.1. The Morgan fingerprint density at radius 3 is 2.50 bits per heavy atom. The number of thiophene rings is 1. The number of hydrogen-bond donors (Lipinski definition) is 3. The molecule has 2 saturated heterocycles. The fraction of sp³-hybridized carbons (Fsp3) is 0.615. The van der Waals surface area contributed by atoms with Crippen molar-refractivity contribution in [1.29, 1.82) is 0 Å². The van der Waals surface area contributed by atoms with Gasteiger partial charge < -0.3 is 26.2 Å². The van der Waals surface area contributed by atoms with Gasteiger partial charge in [-0.15, -0.1) is 11.3 Å². The first-order valence-corrected chi connectivity index (χ1v) is 7.57. The fourth-order valence-corrected chi connectivity index (χ4v) is 4.63. The van der Waals surface area contributed by atoms with Gasteiger partial charge in [-0.25, -0.2) is 0 Å². The summed E-state index contributed by atoms with van der Waals surface area (Å²) in [5.74, 6) is 0.0125. The third-order valence-electron chi connectivity index (χ3n) is 4.25. The van der Waals surface area contributed by atoms with Gasteiger partial charge in [0.15, 0.2) is 5.75 Å². The Kier molecular flexibility index (Phi) is 3.25. The van der Waals surface area contributed by atoms with Gasteiger partial charge in [-0.05, 0) is 25.7 Å². The van der Waals surface area contributed by atoms with E-state index in [1.165, 1.54) is 11.3 Å². The average Bonchev–Trinajstić information content (AvgIpc) is 2.84. The van der Waals surface area contributed by atoms with Crippen LogP contribution in [0.2, 0.25) is 0 Å². The van der Waals surface area contributed by atoms with E-state index in [4.69, 9.17) is 16.2 Å². The molecule has 2 fully saturated rings. The van der Waals surface area contributed by atoms with Crippen LogP contribution in [0.15, 0.2) is 0 Å². The monoisotopic (exact) mass is 297 g/mol. The van der Waals surface area contributed by atoms with Crippen LogP contribution < -0.4 is 21.1 Å². The first-order chi connectivity index (χ1) is 9.52. The highest BCUT2D eigenvalue weighted by Gasteiger charge is 2.42. The van der Waals surface area contributed by atoms with Crippen molar-refractivity contribution < 1.29 is 14.6 Å². The normalized spacial score (nSPS) is 28.7. The number of rotatable bonds is 3. The highest BCUT2D eigenvalue weighted by Crippen LogP contribution is 2.50. The summed E-state index contributed by atoms with van der Waals surface area (Å²) >= 11 is 1.29. The Labute approximate surface area is 121 Å². The van der Waals surface area contributed by atoms with Gasteiger partial charge in [0.25, 0.3) is 5.91 Å². The summed E-state index contributed by atoms with van der Waals surface area (Å²) in [6.07, 6.45) is 3.37. The molecule has 1 aromatic rings. The lowest BCUT2D eigenvalue weighted by Gasteiger charge is -2.38. The molecule has 1 aromatic heterocycles. The molecule has 0 saturated carbocycles. The zero-order chi connectivity index (χ0) is 14.4. The van der Waals surface area contributed by atoms with Crippen LogP contribution in [0.3, 0.4) is 0 Å². The Balaban J connectivity index is 2.02. The van der Waals surface area contributed by atoms with Gasteiger partial charge in [0.2, 0.25) is 0 Å². The number of carbonyl (C=O) groups excluding carboxylic acids is 1. The number of fused-ring (bicyclic) bond motifs is 2. The molecular weight excluding hydrogens is 278 g/mol. The number of amides is 1. The molecule has 6 nitrogen and oxygen atoms in total. The minimum absolute atomic E-state index is 0.234. The van der Waals surface area contributed by atoms with Gasteiger partial charge >= 0.3 is 0 Å². The number of nitrogens with zero attached hydrogens (tertiary/aromatic N) is 1. The molecule has 3 heterocycles. The fourth-order valence-electron chi connectivity index (χ4n) is 3.45. The smallest absolute Gasteiger partial charge is 0.261 e. The molecule has 0 aromatic carbocycles. The van der Waals surface area contributed by atoms with E-state index in [1.807, 2.05) is 0 Å². The van der Waals surface area contributed by atoms with Gasteiger partial charge in [-0.1, -0.05) is 0 Å². The largest absolute Gasteiger partial charge is 0.492 e. The summed E-state index contributed by atoms with van der Waals surface area (Å²) < 4.78 is 5.38. The number of ether oxygens (including phenoxy) is 1. The van der Waals surface area contributed by atoms with Crippen molar-refractivity contribution in [3.05, 3.63) is 4.88 Å². The van der Waals surface area contributed by atoms with E-state index < -0.39 is 5.91 Å². The minimum Gasteiger partial charge on any atom is -0.492 e. The Bertz CT molecular complexity index is 531. The van der Waals surface area contributed by atoms with Crippen LogP contribution in [0, 0.1) is 0 Å². The summed E-state index contributed by atoms with van der Waals surface area (Å²) in [6, 6.07) is 0.577. The van der Waals surface area contributed by atoms with Crippen molar-refractivity contribution >= 4 is 27.9 Å². The first kappa shape index (κ1) is 13.5. The number of piperidine rings is 1. The van der Waals surface area contributed by atoms with E-state index in [-0.39, 0.29) is 18.2 Å². The maximum absolute atomic E-state index is 11.5. The van der Waals surface area contributed by atoms with Crippen molar-refractivity contribution in [3.8, 4) is 5.75 Å². The lowest BCUT2D eigenvalue weighted by molar-refractivity contribution is 0.100. The second kappa shape index (κ2) is 4.82. The Hall–Kier alpha value is -1.47. The average molecular weight is 297 g/mol. The summed E-state index contributed by atoms with van der Waals surface area (Å²) in [5, 5.41) is 10.7. The molecule has 2 unspecified atom stereocenters. The quantitative estimate of drug-likeness (QED) is 0.770. The molecule has 7 heteroatoms.